The van der Waals surface area contributed by atoms with E-state index in [0.29, 0.717) is 26.4 Å². The fourth-order valence-electron chi connectivity index (χ4n) is 0.946. The highest BCUT2D eigenvalue weighted by Crippen LogP contribution is 1.87. The Morgan fingerprint density at radius 2 is 1.82 bits per heavy atom. The van der Waals surface area contributed by atoms with Crippen LogP contribution in [0, 0.1) is 0 Å². The maximum absolute atomic E-state index is 11.2. The van der Waals surface area contributed by atoms with Crippen LogP contribution in [0.15, 0.2) is 0 Å². The van der Waals surface area contributed by atoms with Gasteiger partial charge in [-0.25, -0.2) is 0 Å². The van der Waals surface area contributed by atoms with E-state index in [9.17, 15) is 9.59 Å². The van der Waals surface area contributed by atoms with Crippen molar-refractivity contribution in [3.63, 3.8) is 0 Å². The van der Waals surface area contributed by atoms with Crippen LogP contribution in [-0.2, 0) is 19.1 Å². The van der Waals surface area contributed by atoms with E-state index >= 15 is 0 Å². The van der Waals surface area contributed by atoms with Crippen LogP contribution in [0.2, 0.25) is 0 Å². The van der Waals surface area contributed by atoms with E-state index in [-0.39, 0.29) is 18.9 Å². The molecule has 0 spiro atoms. The quantitative estimate of drug-likeness (QED) is 0.426. The number of nitrogens with one attached hydrogen (secondary N) is 1. The van der Waals surface area contributed by atoms with Crippen LogP contribution in [0.1, 0.15) is 13.3 Å². The SMILES string of the molecule is C[C@H](NC(=O)CCOCCOCCN)C(=O)O. The molecule has 1 atom stereocenters. The minimum Gasteiger partial charge on any atom is -0.480 e. The van der Waals surface area contributed by atoms with Crippen LogP contribution >= 0.6 is 0 Å². The van der Waals surface area contributed by atoms with Crippen molar-refractivity contribution in [1.29, 1.82) is 0 Å². The summed E-state index contributed by atoms with van der Waals surface area (Å²) in [7, 11) is 0. The summed E-state index contributed by atoms with van der Waals surface area (Å²) in [4.78, 5) is 21.6. The molecule has 0 aromatic rings. The Morgan fingerprint density at radius 3 is 2.35 bits per heavy atom. The minimum atomic E-state index is -1.06. The summed E-state index contributed by atoms with van der Waals surface area (Å²) in [5.41, 5.74) is 5.21. The monoisotopic (exact) mass is 248 g/mol. The number of carboxylic acid groups (broad SMARTS) is 1. The van der Waals surface area contributed by atoms with Gasteiger partial charge in [0.2, 0.25) is 5.91 Å². The van der Waals surface area contributed by atoms with Gasteiger partial charge in [-0.05, 0) is 6.92 Å². The lowest BCUT2D eigenvalue weighted by Gasteiger charge is -2.09. The van der Waals surface area contributed by atoms with Gasteiger partial charge in [0.15, 0.2) is 0 Å². The van der Waals surface area contributed by atoms with Crippen LogP contribution in [0.5, 0.6) is 0 Å². The number of carbonyl (C=O) groups excluding carboxylic acids is 1. The first kappa shape index (κ1) is 15.8. The molecule has 0 unspecified atom stereocenters. The summed E-state index contributed by atoms with van der Waals surface area (Å²) < 4.78 is 10.2. The summed E-state index contributed by atoms with van der Waals surface area (Å²) in [6.45, 7) is 3.42. The minimum absolute atomic E-state index is 0.133. The molecule has 17 heavy (non-hydrogen) atoms. The number of rotatable bonds is 10. The van der Waals surface area contributed by atoms with Gasteiger partial charge in [-0.15, -0.1) is 0 Å². The van der Waals surface area contributed by atoms with E-state index in [1.165, 1.54) is 6.92 Å². The predicted octanol–water partition coefficient (Wildman–Crippen LogP) is -1.04. The third-order valence-electron chi connectivity index (χ3n) is 1.86. The molecule has 0 aliphatic rings. The third-order valence-corrected chi connectivity index (χ3v) is 1.86. The zero-order chi connectivity index (χ0) is 13.1. The molecule has 4 N–H and O–H groups in total. The summed E-state index contributed by atoms with van der Waals surface area (Å²) in [5, 5.41) is 10.9. The van der Waals surface area contributed by atoms with Crippen molar-refractivity contribution in [3.05, 3.63) is 0 Å². The fraction of sp³-hybridized carbons (Fsp3) is 0.800. The molecule has 7 heteroatoms. The van der Waals surface area contributed by atoms with Crippen molar-refractivity contribution >= 4 is 11.9 Å². The molecular formula is C10H20N2O5. The lowest BCUT2D eigenvalue weighted by atomic mass is 10.3. The van der Waals surface area contributed by atoms with E-state index in [1.807, 2.05) is 0 Å². The van der Waals surface area contributed by atoms with Crippen molar-refractivity contribution < 1.29 is 24.2 Å². The Labute approximate surface area is 100 Å². The van der Waals surface area contributed by atoms with Gasteiger partial charge in [-0.2, -0.15) is 0 Å². The van der Waals surface area contributed by atoms with Crippen LogP contribution in [0.3, 0.4) is 0 Å². The van der Waals surface area contributed by atoms with Crippen molar-refractivity contribution in [3.8, 4) is 0 Å². The molecule has 0 bridgehead atoms. The van der Waals surface area contributed by atoms with Crippen molar-refractivity contribution in [2.75, 3.05) is 33.0 Å². The zero-order valence-electron chi connectivity index (χ0n) is 9.98. The van der Waals surface area contributed by atoms with Crippen LogP contribution < -0.4 is 11.1 Å². The maximum atomic E-state index is 11.2. The second kappa shape index (κ2) is 10.0. The third kappa shape index (κ3) is 9.73. The average Bonchev–Trinajstić information content (AvgIpc) is 2.27. The van der Waals surface area contributed by atoms with Crippen LogP contribution in [-0.4, -0.2) is 56.0 Å². The molecule has 0 rings (SSSR count). The first-order valence-electron chi connectivity index (χ1n) is 5.45. The summed E-state index contributed by atoms with van der Waals surface area (Å²) >= 11 is 0. The highest BCUT2D eigenvalue weighted by atomic mass is 16.5. The Balaban J connectivity index is 3.36. The molecule has 0 aromatic heterocycles. The van der Waals surface area contributed by atoms with E-state index in [2.05, 4.69) is 5.32 Å². The molecule has 7 nitrogen and oxygen atoms in total. The van der Waals surface area contributed by atoms with E-state index < -0.39 is 12.0 Å². The number of hydrogen-bond acceptors (Lipinski definition) is 5. The second-order valence-electron chi connectivity index (χ2n) is 3.39. The Morgan fingerprint density at radius 1 is 1.24 bits per heavy atom. The van der Waals surface area contributed by atoms with Gasteiger partial charge in [0.25, 0.3) is 0 Å². The second-order valence-corrected chi connectivity index (χ2v) is 3.39. The standard InChI is InChI=1S/C10H20N2O5/c1-8(10(14)15)12-9(13)2-4-16-6-7-17-5-3-11/h8H,2-7,11H2,1H3,(H,12,13)(H,14,15)/t8-/m0/s1. The number of carbonyl (C=O) groups is 2. The number of hydrogen-bond donors (Lipinski definition) is 3. The van der Waals surface area contributed by atoms with E-state index in [0.717, 1.165) is 0 Å². The highest BCUT2D eigenvalue weighted by Gasteiger charge is 2.13. The largest absolute Gasteiger partial charge is 0.480 e. The molecule has 0 saturated heterocycles. The topological polar surface area (TPSA) is 111 Å². The normalized spacial score (nSPS) is 12.1. The molecule has 0 fully saturated rings. The Hall–Kier alpha value is -1.18. The van der Waals surface area contributed by atoms with Gasteiger partial charge in [0.05, 0.1) is 26.4 Å². The van der Waals surface area contributed by atoms with Gasteiger partial charge in [0, 0.05) is 13.0 Å². The zero-order valence-corrected chi connectivity index (χ0v) is 9.98. The molecule has 0 saturated carbocycles. The molecule has 0 aliphatic carbocycles. The van der Waals surface area contributed by atoms with Crippen molar-refractivity contribution in [1.82, 2.24) is 5.32 Å². The molecule has 100 valence electrons. The van der Waals surface area contributed by atoms with Crippen LogP contribution in [0.4, 0.5) is 0 Å². The summed E-state index contributed by atoms with van der Waals surface area (Å²) in [6, 6.07) is -0.879. The Kier molecular flexibility index (Phi) is 9.31. The molecule has 0 aromatic carbocycles. The number of amides is 1. The Bertz CT molecular complexity index is 235. The lowest BCUT2D eigenvalue weighted by Crippen LogP contribution is -2.38. The average molecular weight is 248 g/mol. The van der Waals surface area contributed by atoms with Crippen LogP contribution in [0.25, 0.3) is 0 Å². The molecule has 1 amide bonds. The molecule has 0 heterocycles. The molecular weight excluding hydrogens is 228 g/mol. The summed E-state index contributed by atoms with van der Waals surface area (Å²) in [5.74, 6) is -1.41. The first-order valence-corrected chi connectivity index (χ1v) is 5.45. The lowest BCUT2D eigenvalue weighted by molar-refractivity contribution is -0.141. The molecule has 0 radical (unpaired) electrons. The van der Waals surface area contributed by atoms with Gasteiger partial charge < -0.3 is 25.6 Å². The van der Waals surface area contributed by atoms with Gasteiger partial charge in [-0.3, -0.25) is 9.59 Å². The van der Waals surface area contributed by atoms with E-state index in [4.69, 9.17) is 20.3 Å². The summed E-state index contributed by atoms with van der Waals surface area (Å²) in [6.07, 6.45) is 0.133. The predicted molar refractivity (Wildman–Crippen MR) is 60.5 cm³/mol. The maximum Gasteiger partial charge on any atom is 0.325 e. The van der Waals surface area contributed by atoms with Crippen molar-refractivity contribution in [2.45, 2.75) is 19.4 Å². The first-order chi connectivity index (χ1) is 8.07. The van der Waals surface area contributed by atoms with Crippen molar-refractivity contribution in [2.24, 2.45) is 5.73 Å². The number of ether oxygens (including phenoxy) is 2. The number of aliphatic carboxylic acids is 1. The highest BCUT2D eigenvalue weighted by molar-refractivity contribution is 5.83. The van der Waals surface area contributed by atoms with Gasteiger partial charge in [-0.1, -0.05) is 0 Å². The van der Waals surface area contributed by atoms with E-state index in [1.54, 1.807) is 0 Å². The fourth-order valence-corrected chi connectivity index (χ4v) is 0.946. The smallest absolute Gasteiger partial charge is 0.325 e. The van der Waals surface area contributed by atoms with Gasteiger partial charge in [0.1, 0.15) is 6.04 Å². The van der Waals surface area contributed by atoms with Gasteiger partial charge >= 0.3 is 5.97 Å². The number of nitrogens with two attached hydrogens (primary N) is 1. The molecule has 0 aliphatic heterocycles. The number of carboxylic acids is 1.